The highest BCUT2D eigenvalue weighted by Gasteiger charge is 2.35. The molecule has 0 bridgehead atoms. The van der Waals surface area contributed by atoms with E-state index in [0.717, 1.165) is 22.3 Å². The number of carboxylic acid groups (broad SMARTS) is 1. The summed E-state index contributed by atoms with van der Waals surface area (Å²) in [5.41, 5.74) is 4.31. The molecule has 0 saturated carbocycles. The van der Waals surface area contributed by atoms with E-state index >= 15 is 0 Å². The number of anilines is 1. The van der Waals surface area contributed by atoms with Gasteiger partial charge in [0, 0.05) is 12.0 Å². The fraction of sp³-hybridized carbons (Fsp3) is 0.250. The SMILES string of the molecule is O=C(Nc1cc(C(=O)NC2COCC2C(=O)O)no1)OCC1c2ccccc2-c2ccccc21. The van der Waals surface area contributed by atoms with Crippen molar-refractivity contribution in [3.63, 3.8) is 0 Å². The third-order valence-corrected chi connectivity index (χ3v) is 6.03. The predicted octanol–water partition coefficient (Wildman–Crippen LogP) is 2.87. The summed E-state index contributed by atoms with van der Waals surface area (Å²) in [6.07, 6.45) is -0.750. The van der Waals surface area contributed by atoms with E-state index < -0.39 is 29.9 Å². The van der Waals surface area contributed by atoms with Gasteiger partial charge in [-0.25, -0.2) is 4.79 Å². The van der Waals surface area contributed by atoms with Crippen LogP contribution < -0.4 is 10.6 Å². The first-order valence-electron chi connectivity index (χ1n) is 10.7. The molecule has 10 nitrogen and oxygen atoms in total. The zero-order chi connectivity index (χ0) is 23.7. The first-order valence-corrected chi connectivity index (χ1v) is 10.7. The zero-order valence-corrected chi connectivity index (χ0v) is 17.9. The van der Waals surface area contributed by atoms with Gasteiger partial charge in [0.2, 0.25) is 5.88 Å². The average molecular weight is 463 g/mol. The second-order valence-electron chi connectivity index (χ2n) is 8.09. The van der Waals surface area contributed by atoms with Crippen LogP contribution in [-0.2, 0) is 14.3 Å². The molecule has 2 amide bonds. The molecule has 0 spiro atoms. The third-order valence-electron chi connectivity index (χ3n) is 6.03. The summed E-state index contributed by atoms with van der Waals surface area (Å²) in [6.45, 7) is 0.235. The van der Waals surface area contributed by atoms with Crippen molar-refractivity contribution in [2.75, 3.05) is 25.1 Å². The maximum atomic E-state index is 12.4. The van der Waals surface area contributed by atoms with Gasteiger partial charge in [-0.15, -0.1) is 0 Å². The lowest BCUT2D eigenvalue weighted by molar-refractivity contribution is -0.142. The van der Waals surface area contributed by atoms with Crippen LogP contribution >= 0.6 is 0 Å². The Labute approximate surface area is 193 Å². The van der Waals surface area contributed by atoms with Crippen molar-refractivity contribution in [2.45, 2.75) is 12.0 Å². The molecule has 2 aliphatic rings. The summed E-state index contributed by atoms with van der Waals surface area (Å²) >= 11 is 0. The van der Waals surface area contributed by atoms with Crippen LogP contribution in [0.3, 0.4) is 0 Å². The van der Waals surface area contributed by atoms with E-state index in [4.69, 9.17) is 14.0 Å². The number of carboxylic acids is 1. The van der Waals surface area contributed by atoms with Gasteiger partial charge in [-0.1, -0.05) is 53.7 Å². The number of aliphatic carboxylic acids is 1. The standard InChI is InChI=1S/C24H21N3O7/c28-22(25-20-12-32-10-18(20)23(29)30)19-9-21(34-27-19)26-24(31)33-11-17-15-7-3-1-5-13(15)14-6-2-4-8-16(14)17/h1-9,17-18,20H,10-12H2,(H,25,28)(H,26,31)(H,29,30). The number of carbonyl (C=O) groups is 3. The number of ether oxygens (including phenoxy) is 2. The second kappa shape index (κ2) is 8.99. The van der Waals surface area contributed by atoms with Crippen LogP contribution in [0.2, 0.25) is 0 Å². The maximum absolute atomic E-state index is 12.4. The Morgan fingerprint density at radius 3 is 2.38 bits per heavy atom. The van der Waals surface area contributed by atoms with Crippen molar-refractivity contribution in [1.29, 1.82) is 0 Å². The molecule has 10 heteroatoms. The number of nitrogens with one attached hydrogen (secondary N) is 2. The number of hydrogen-bond acceptors (Lipinski definition) is 7. The normalized spacial score (nSPS) is 18.7. The van der Waals surface area contributed by atoms with Gasteiger partial charge in [-0.2, -0.15) is 0 Å². The van der Waals surface area contributed by atoms with Crippen molar-refractivity contribution in [3.05, 3.63) is 71.4 Å². The minimum Gasteiger partial charge on any atom is -0.481 e. The van der Waals surface area contributed by atoms with Crippen LogP contribution in [0.4, 0.5) is 10.7 Å². The van der Waals surface area contributed by atoms with E-state index in [0.29, 0.717) is 0 Å². The van der Waals surface area contributed by atoms with E-state index in [1.54, 1.807) is 0 Å². The number of benzene rings is 2. The maximum Gasteiger partial charge on any atom is 0.414 e. The average Bonchev–Trinajstić information content (AvgIpc) is 3.56. The van der Waals surface area contributed by atoms with Crippen molar-refractivity contribution in [1.82, 2.24) is 10.5 Å². The van der Waals surface area contributed by atoms with Crippen LogP contribution in [0.1, 0.15) is 27.5 Å². The second-order valence-corrected chi connectivity index (χ2v) is 8.09. The quantitative estimate of drug-likeness (QED) is 0.507. The molecule has 2 aromatic carbocycles. The fourth-order valence-electron chi connectivity index (χ4n) is 4.36. The smallest absolute Gasteiger partial charge is 0.414 e. The molecule has 2 unspecified atom stereocenters. The molecule has 0 radical (unpaired) electrons. The van der Waals surface area contributed by atoms with Gasteiger partial charge >= 0.3 is 12.1 Å². The first-order chi connectivity index (χ1) is 16.5. The Hall–Kier alpha value is -4.18. The van der Waals surface area contributed by atoms with Gasteiger partial charge < -0.3 is 24.4 Å². The van der Waals surface area contributed by atoms with Crippen molar-refractivity contribution in [2.24, 2.45) is 5.92 Å². The largest absolute Gasteiger partial charge is 0.481 e. The zero-order valence-electron chi connectivity index (χ0n) is 17.9. The number of hydrogen-bond donors (Lipinski definition) is 3. The number of aromatic nitrogens is 1. The van der Waals surface area contributed by atoms with Crippen LogP contribution in [0.5, 0.6) is 0 Å². The lowest BCUT2D eigenvalue weighted by atomic mass is 9.98. The number of amides is 2. The number of fused-ring (bicyclic) bond motifs is 3. The summed E-state index contributed by atoms with van der Waals surface area (Å²) < 4.78 is 15.6. The van der Waals surface area contributed by atoms with Crippen molar-refractivity contribution >= 4 is 23.9 Å². The molecular weight excluding hydrogens is 442 g/mol. The van der Waals surface area contributed by atoms with Gasteiger partial charge in [0.15, 0.2) is 5.69 Å². The Bertz CT molecular complexity index is 1210. The molecule has 1 aliphatic carbocycles. The fourth-order valence-corrected chi connectivity index (χ4v) is 4.36. The molecular formula is C24H21N3O7. The van der Waals surface area contributed by atoms with Gasteiger partial charge in [0.1, 0.15) is 12.5 Å². The Kier molecular flexibility index (Phi) is 5.72. The monoisotopic (exact) mass is 463 g/mol. The highest BCUT2D eigenvalue weighted by atomic mass is 16.6. The van der Waals surface area contributed by atoms with Crippen LogP contribution in [0, 0.1) is 5.92 Å². The van der Waals surface area contributed by atoms with Crippen molar-refractivity contribution < 1.29 is 33.5 Å². The lowest BCUT2D eigenvalue weighted by Gasteiger charge is -2.14. The highest BCUT2D eigenvalue weighted by molar-refractivity contribution is 5.94. The number of rotatable bonds is 6. The van der Waals surface area contributed by atoms with Gasteiger partial charge in [-0.05, 0) is 22.3 Å². The molecule has 1 aliphatic heterocycles. The van der Waals surface area contributed by atoms with E-state index in [-0.39, 0.29) is 37.3 Å². The molecule has 1 saturated heterocycles. The molecule has 2 heterocycles. The summed E-state index contributed by atoms with van der Waals surface area (Å²) in [7, 11) is 0. The molecule has 2 atom stereocenters. The first kappa shape index (κ1) is 21.7. The van der Waals surface area contributed by atoms with E-state index in [2.05, 4.69) is 15.8 Å². The molecule has 1 fully saturated rings. The summed E-state index contributed by atoms with van der Waals surface area (Å²) in [4.78, 5) is 36.0. The van der Waals surface area contributed by atoms with E-state index in [1.165, 1.54) is 6.07 Å². The van der Waals surface area contributed by atoms with Gasteiger partial charge in [0.25, 0.3) is 5.91 Å². The minimum atomic E-state index is -1.06. The van der Waals surface area contributed by atoms with E-state index in [9.17, 15) is 19.5 Å². The molecule has 1 aromatic heterocycles. The van der Waals surface area contributed by atoms with Crippen LogP contribution in [-0.4, -0.2) is 54.1 Å². The summed E-state index contributed by atoms with van der Waals surface area (Å²) in [6, 6.07) is 16.6. The minimum absolute atomic E-state index is 0.0215. The predicted molar refractivity (Wildman–Crippen MR) is 118 cm³/mol. The van der Waals surface area contributed by atoms with E-state index in [1.807, 2.05) is 48.5 Å². The molecule has 5 rings (SSSR count). The topological polar surface area (TPSA) is 140 Å². The highest BCUT2D eigenvalue weighted by Crippen LogP contribution is 2.44. The van der Waals surface area contributed by atoms with Gasteiger partial charge in [0.05, 0.1) is 19.3 Å². The molecule has 174 valence electrons. The van der Waals surface area contributed by atoms with Crippen LogP contribution in [0.25, 0.3) is 11.1 Å². The lowest BCUT2D eigenvalue weighted by Crippen LogP contribution is -2.42. The Morgan fingerprint density at radius 1 is 1.03 bits per heavy atom. The molecule has 3 N–H and O–H groups in total. The molecule has 3 aromatic rings. The number of nitrogens with zero attached hydrogens (tertiary/aromatic N) is 1. The van der Waals surface area contributed by atoms with Gasteiger partial charge in [-0.3, -0.25) is 14.9 Å². The molecule has 34 heavy (non-hydrogen) atoms. The summed E-state index contributed by atoms with van der Waals surface area (Å²) in [5, 5.41) is 17.8. The Morgan fingerprint density at radius 2 is 1.71 bits per heavy atom. The number of carbonyl (C=O) groups excluding carboxylic acids is 2. The summed E-state index contributed by atoms with van der Waals surface area (Å²) in [5.74, 6) is -2.69. The Balaban J connectivity index is 1.19. The van der Waals surface area contributed by atoms with Crippen molar-refractivity contribution in [3.8, 4) is 11.1 Å². The third kappa shape index (κ3) is 4.11. The van der Waals surface area contributed by atoms with Crippen LogP contribution in [0.15, 0.2) is 59.1 Å².